The van der Waals surface area contributed by atoms with Crippen molar-refractivity contribution in [3.8, 4) is 0 Å². The van der Waals surface area contributed by atoms with Gasteiger partial charge in [-0.15, -0.1) is 0 Å². The third kappa shape index (κ3) is 4.27. The average molecular weight is 433 g/mol. The second-order valence-electron chi connectivity index (χ2n) is 7.04. The van der Waals surface area contributed by atoms with E-state index in [9.17, 15) is 18.0 Å². The molecule has 0 bridgehead atoms. The molecule has 0 saturated heterocycles. The molecule has 0 aliphatic carbocycles. The van der Waals surface area contributed by atoms with Crippen molar-refractivity contribution < 1.29 is 13.2 Å². The SMILES string of the molecule is O=C(Cn1c(=O)c(S(=O)(=O)c2ccccc2)cc2ccccc21)NCc1ccccc1. The highest BCUT2D eigenvalue weighted by Gasteiger charge is 2.24. The van der Waals surface area contributed by atoms with E-state index in [4.69, 9.17) is 0 Å². The van der Waals surface area contributed by atoms with Crippen molar-refractivity contribution in [1.29, 1.82) is 0 Å². The van der Waals surface area contributed by atoms with E-state index in [1.165, 1.54) is 22.8 Å². The lowest BCUT2D eigenvalue weighted by molar-refractivity contribution is -0.121. The van der Waals surface area contributed by atoms with Crippen LogP contribution in [0, 0.1) is 0 Å². The van der Waals surface area contributed by atoms with Gasteiger partial charge in [0.25, 0.3) is 5.56 Å². The van der Waals surface area contributed by atoms with E-state index >= 15 is 0 Å². The maximum atomic E-state index is 13.2. The number of sulfone groups is 1. The number of carbonyl (C=O) groups excluding carboxylic acids is 1. The highest BCUT2D eigenvalue weighted by molar-refractivity contribution is 7.91. The molecule has 156 valence electrons. The Labute approximate surface area is 179 Å². The molecule has 31 heavy (non-hydrogen) atoms. The van der Waals surface area contributed by atoms with Gasteiger partial charge in [-0.3, -0.25) is 14.2 Å². The van der Waals surface area contributed by atoms with Crippen molar-refractivity contribution in [3.63, 3.8) is 0 Å². The first-order valence-electron chi connectivity index (χ1n) is 9.70. The van der Waals surface area contributed by atoms with Gasteiger partial charge in [0.1, 0.15) is 11.4 Å². The first-order valence-corrected chi connectivity index (χ1v) is 11.2. The van der Waals surface area contributed by atoms with Crippen molar-refractivity contribution in [2.75, 3.05) is 0 Å². The fraction of sp³-hybridized carbons (Fsp3) is 0.0833. The molecule has 0 saturated carbocycles. The lowest BCUT2D eigenvalue weighted by Gasteiger charge is -2.13. The first-order chi connectivity index (χ1) is 15.0. The van der Waals surface area contributed by atoms with Crippen LogP contribution in [-0.4, -0.2) is 18.9 Å². The number of hydrogen-bond donors (Lipinski definition) is 1. The summed E-state index contributed by atoms with van der Waals surface area (Å²) in [6, 6.07) is 25.5. The molecule has 4 rings (SSSR count). The van der Waals surface area contributed by atoms with Crippen molar-refractivity contribution in [3.05, 3.63) is 107 Å². The van der Waals surface area contributed by atoms with Crippen molar-refractivity contribution in [2.45, 2.75) is 22.9 Å². The van der Waals surface area contributed by atoms with Gasteiger partial charge in [-0.2, -0.15) is 0 Å². The fourth-order valence-electron chi connectivity index (χ4n) is 3.37. The van der Waals surface area contributed by atoms with E-state index in [2.05, 4.69) is 5.32 Å². The summed E-state index contributed by atoms with van der Waals surface area (Å²) in [5.41, 5.74) is 0.695. The van der Waals surface area contributed by atoms with Crippen molar-refractivity contribution in [2.24, 2.45) is 0 Å². The molecule has 4 aromatic rings. The number of hydrogen-bond acceptors (Lipinski definition) is 4. The van der Waals surface area contributed by atoms with Gasteiger partial charge in [0, 0.05) is 6.54 Å². The van der Waals surface area contributed by atoms with Gasteiger partial charge in [0.2, 0.25) is 15.7 Å². The summed E-state index contributed by atoms with van der Waals surface area (Å²) in [7, 11) is -4.04. The van der Waals surface area contributed by atoms with Gasteiger partial charge in [-0.1, -0.05) is 66.7 Å². The first kappa shape index (κ1) is 20.6. The molecular formula is C24H20N2O4S. The van der Waals surface area contributed by atoms with Gasteiger partial charge < -0.3 is 5.32 Å². The Kier molecular flexibility index (Phi) is 5.68. The standard InChI is InChI=1S/C24H20N2O4S/c27-23(25-16-18-9-3-1-4-10-18)17-26-21-14-8-7-11-19(21)15-22(24(26)28)31(29,30)20-12-5-2-6-13-20/h1-15H,16-17H2,(H,25,27). The van der Waals surface area contributed by atoms with E-state index in [-0.39, 0.29) is 22.2 Å². The number of carbonyl (C=O) groups is 1. The summed E-state index contributed by atoms with van der Waals surface area (Å²) in [5, 5.41) is 3.34. The Hall–Kier alpha value is -3.71. The number of pyridine rings is 1. The number of fused-ring (bicyclic) bond motifs is 1. The maximum Gasteiger partial charge on any atom is 0.270 e. The van der Waals surface area contributed by atoms with Crippen LogP contribution in [0.1, 0.15) is 5.56 Å². The van der Waals surface area contributed by atoms with Gasteiger partial charge in [0.05, 0.1) is 10.4 Å². The van der Waals surface area contributed by atoms with E-state index in [0.29, 0.717) is 17.4 Å². The molecule has 0 atom stereocenters. The Bertz CT molecular complexity index is 1400. The zero-order valence-electron chi connectivity index (χ0n) is 16.6. The monoisotopic (exact) mass is 432 g/mol. The van der Waals surface area contributed by atoms with Crippen LogP contribution in [0.4, 0.5) is 0 Å². The Morgan fingerprint density at radius 1 is 0.839 bits per heavy atom. The molecule has 0 aliphatic rings. The van der Waals surface area contributed by atoms with Crippen LogP contribution in [0.2, 0.25) is 0 Å². The topological polar surface area (TPSA) is 85.2 Å². The molecule has 0 spiro atoms. The average Bonchev–Trinajstić information content (AvgIpc) is 2.80. The van der Waals surface area contributed by atoms with Crippen LogP contribution in [0.15, 0.2) is 106 Å². The highest BCUT2D eigenvalue weighted by atomic mass is 32.2. The zero-order chi connectivity index (χ0) is 21.8. The Morgan fingerprint density at radius 2 is 1.45 bits per heavy atom. The number of para-hydroxylation sites is 1. The second kappa shape index (κ2) is 8.57. The predicted octanol–water partition coefficient (Wildman–Crippen LogP) is 3.15. The molecule has 6 nitrogen and oxygen atoms in total. The molecule has 1 aromatic heterocycles. The van der Waals surface area contributed by atoms with E-state index in [0.717, 1.165) is 5.56 Å². The number of rotatable bonds is 6. The van der Waals surface area contributed by atoms with Crippen LogP contribution < -0.4 is 10.9 Å². The Balaban J connectivity index is 1.74. The van der Waals surface area contributed by atoms with Gasteiger partial charge >= 0.3 is 0 Å². The third-order valence-corrected chi connectivity index (χ3v) is 6.71. The second-order valence-corrected chi connectivity index (χ2v) is 8.96. The summed E-state index contributed by atoms with van der Waals surface area (Å²) in [6.07, 6.45) is 0. The lowest BCUT2D eigenvalue weighted by Crippen LogP contribution is -2.34. The maximum absolute atomic E-state index is 13.2. The smallest absolute Gasteiger partial charge is 0.270 e. The molecule has 3 aromatic carbocycles. The van der Waals surface area contributed by atoms with Gasteiger partial charge in [0.15, 0.2) is 0 Å². The van der Waals surface area contributed by atoms with E-state index in [1.807, 2.05) is 30.3 Å². The number of aromatic nitrogens is 1. The van der Waals surface area contributed by atoms with E-state index < -0.39 is 15.4 Å². The predicted molar refractivity (Wildman–Crippen MR) is 118 cm³/mol. The number of nitrogens with one attached hydrogen (secondary N) is 1. The summed E-state index contributed by atoms with van der Waals surface area (Å²) in [4.78, 5) is 25.5. The molecular weight excluding hydrogens is 412 g/mol. The fourth-order valence-corrected chi connectivity index (χ4v) is 4.76. The van der Waals surface area contributed by atoms with Crippen LogP contribution >= 0.6 is 0 Å². The minimum atomic E-state index is -4.04. The normalized spacial score (nSPS) is 11.4. The zero-order valence-corrected chi connectivity index (χ0v) is 17.4. The lowest BCUT2D eigenvalue weighted by atomic mass is 10.2. The summed E-state index contributed by atoms with van der Waals surface area (Å²) in [5.74, 6) is -0.384. The van der Waals surface area contributed by atoms with Crippen molar-refractivity contribution in [1.82, 2.24) is 9.88 Å². The number of nitrogens with zero attached hydrogens (tertiary/aromatic N) is 1. The van der Waals surface area contributed by atoms with Crippen LogP contribution in [-0.2, 0) is 27.7 Å². The highest BCUT2D eigenvalue weighted by Crippen LogP contribution is 2.22. The van der Waals surface area contributed by atoms with Gasteiger partial charge in [-0.25, -0.2) is 8.42 Å². The Morgan fingerprint density at radius 3 is 2.16 bits per heavy atom. The minimum Gasteiger partial charge on any atom is -0.350 e. The molecule has 0 radical (unpaired) electrons. The van der Waals surface area contributed by atoms with Crippen LogP contribution in [0.25, 0.3) is 10.9 Å². The summed E-state index contributed by atoms with van der Waals surface area (Å²) < 4.78 is 27.5. The van der Waals surface area contributed by atoms with Crippen LogP contribution in [0.5, 0.6) is 0 Å². The molecule has 1 N–H and O–H groups in total. The molecule has 0 unspecified atom stereocenters. The summed E-state index contributed by atoms with van der Waals surface area (Å²) in [6.45, 7) is 0.0265. The minimum absolute atomic E-state index is 0.0301. The molecule has 0 aliphatic heterocycles. The molecule has 1 heterocycles. The number of amides is 1. The number of benzene rings is 3. The van der Waals surface area contributed by atoms with Gasteiger partial charge in [-0.05, 0) is 35.2 Å². The molecule has 0 fully saturated rings. The summed E-state index contributed by atoms with van der Waals surface area (Å²) >= 11 is 0. The largest absolute Gasteiger partial charge is 0.350 e. The van der Waals surface area contributed by atoms with E-state index in [1.54, 1.807) is 42.5 Å². The third-order valence-electron chi connectivity index (χ3n) is 4.95. The molecule has 7 heteroatoms. The van der Waals surface area contributed by atoms with Crippen LogP contribution in [0.3, 0.4) is 0 Å². The van der Waals surface area contributed by atoms with Crippen molar-refractivity contribution >= 4 is 26.6 Å². The quantitative estimate of drug-likeness (QED) is 0.507. The molecule has 1 amide bonds.